The molecule has 0 saturated carbocycles. The van der Waals surface area contributed by atoms with E-state index in [0.717, 1.165) is 7.11 Å². The molecule has 0 aliphatic heterocycles. The van der Waals surface area contributed by atoms with Gasteiger partial charge in [0.05, 0.1) is 13.7 Å². The number of hydrogen-bond acceptors (Lipinski definition) is 4. The Bertz CT molecular complexity index is 195. The first-order valence-electron chi connectivity index (χ1n) is 4.56. The zero-order valence-electron chi connectivity index (χ0n) is 9.09. The molecular formula is C9H16F2O4. The van der Waals surface area contributed by atoms with Gasteiger partial charge < -0.3 is 14.2 Å². The minimum atomic E-state index is -2.86. The second-order valence-corrected chi connectivity index (χ2v) is 3.27. The minimum absolute atomic E-state index is 0.0720. The highest BCUT2D eigenvalue weighted by Crippen LogP contribution is 2.23. The summed E-state index contributed by atoms with van der Waals surface area (Å²) >= 11 is 0. The van der Waals surface area contributed by atoms with Crippen LogP contribution >= 0.6 is 0 Å². The first-order valence-corrected chi connectivity index (χ1v) is 4.56. The van der Waals surface area contributed by atoms with Crippen molar-refractivity contribution in [2.75, 3.05) is 26.9 Å². The van der Waals surface area contributed by atoms with Crippen molar-refractivity contribution in [2.45, 2.75) is 19.8 Å². The van der Waals surface area contributed by atoms with E-state index in [2.05, 4.69) is 14.2 Å². The van der Waals surface area contributed by atoms with Gasteiger partial charge in [0.1, 0.15) is 13.2 Å². The molecule has 4 nitrogen and oxygen atoms in total. The summed E-state index contributed by atoms with van der Waals surface area (Å²) in [6.45, 7) is 1.98. The number of ether oxygens (including phenoxy) is 3. The molecule has 0 aromatic carbocycles. The fraction of sp³-hybridized carbons (Fsp3) is 0.889. The maximum absolute atomic E-state index is 12.9. The van der Waals surface area contributed by atoms with Crippen molar-refractivity contribution >= 4 is 6.16 Å². The number of halogens is 2. The first kappa shape index (κ1) is 14.1. The number of alkyl halides is 2. The largest absolute Gasteiger partial charge is 0.508 e. The van der Waals surface area contributed by atoms with Crippen LogP contribution in [0.2, 0.25) is 0 Å². The van der Waals surface area contributed by atoms with Crippen LogP contribution in [0.3, 0.4) is 0 Å². The van der Waals surface area contributed by atoms with E-state index in [9.17, 15) is 13.6 Å². The Morgan fingerprint density at radius 3 is 2.40 bits per heavy atom. The van der Waals surface area contributed by atoms with E-state index in [-0.39, 0.29) is 13.2 Å². The number of rotatable bonds is 6. The van der Waals surface area contributed by atoms with Gasteiger partial charge in [-0.05, 0) is 0 Å². The molecule has 0 fully saturated rings. The quantitative estimate of drug-likeness (QED) is 0.513. The summed E-state index contributed by atoms with van der Waals surface area (Å²) in [5, 5.41) is 0. The van der Waals surface area contributed by atoms with Crippen molar-refractivity contribution in [3.8, 4) is 0 Å². The van der Waals surface area contributed by atoms with Gasteiger partial charge in [-0.3, -0.25) is 0 Å². The van der Waals surface area contributed by atoms with Crippen molar-refractivity contribution < 1.29 is 27.8 Å². The van der Waals surface area contributed by atoms with Crippen molar-refractivity contribution in [1.82, 2.24) is 0 Å². The molecule has 0 unspecified atom stereocenters. The summed E-state index contributed by atoms with van der Waals surface area (Å²) in [4.78, 5) is 10.4. The summed E-state index contributed by atoms with van der Waals surface area (Å²) in [6.07, 6.45) is -0.853. The van der Waals surface area contributed by atoms with Gasteiger partial charge in [-0.15, -0.1) is 0 Å². The van der Waals surface area contributed by atoms with E-state index >= 15 is 0 Å². The van der Waals surface area contributed by atoms with Gasteiger partial charge >= 0.3 is 6.16 Å². The van der Waals surface area contributed by atoms with Crippen LogP contribution in [0, 0.1) is 5.92 Å². The SMILES string of the molecule is COC(=O)OCCOCC(F)(F)C(C)C. The lowest BCUT2D eigenvalue weighted by Crippen LogP contribution is -2.30. The molecule has 15 heavy (non-hydrogen) atoms. The third-order valence-electron chi connectivity index (χ3n) is 1.75. The van der Waals surface area contributed by atoms with Gasteiger partial charge in [-0.25, -0.2) is 13.6 Å². The molecule has 0 aliphatic rings. The Balaban J connectivity index is 3.50. The monoisotopic (exact) mass is 226 g/mol. The Morgan fingerprint density at radius 2 is 1.93 bits per heavy atom. The number of methoxy groups -OCH3 is 1. The standard InChI is InChI=1S/C9H16F2O4/c1-7(2)9(10,11)6-14-4-5-15-8(12)13-3/h7H,4-6H2,1-3H3. The van der Waals surface area contributed by atoms with Crippen LogP contribution in [-0.4, -0.2) is 39.0 Å². The van der Waals surface area contributed by atoms with Crippen molar-refractivity contribution in [1.29, 1.82) is 0 Å². The van der Waals surface area contributed by atoms with Gasteiger partial charge in [-0.2, -0.15) is 0 Å². The lowest BCUT2D eigenvalue weighted by atomic mass is 10.1. The molecule has 0 atom stereocenters. The van der Waals surface area contributed by atoms with Crippen molar-refractivity contribution in [3.05, 3.63) is 0 Å². The molecule has 0 spiro atoms. The van der Waals surface area contributed by atoms with Crippen LogP contribution in [0.5, 0.6) is 0 Å². The van der Waals surface area contributed by atoms with E-state index in [1.807, 2.05) is 0 Å². The first-order chi connectivity index (χ1) is 6.90. The summed E-state index contributed by atoms with van der Waals surface area (Å²) in [5.41, 5.74) is 0. The molecule has 0 bridgehead atoms. The maximum Gasteiger partial charge on any atom is 0.508 e. The smallest absolute Gasteiger partial charge is 0.438 e. The molecule has 0 amide bonds. The normalized spacial score (nSPS) is 11.6. The third-order valence-corrected chi connectivity index (χ3v) is 1.75. The summed E-state index contributed by atoms with van der Waals surface area (Å²) < 4.78 is 39.2. The average Bonchev–Trinajstić information content (AvgIpc) is 2.16. The van der Waals surface area contributed by atoms with Crippen LogP contribution in [0.4, 0.5) is 13.6 Å². The molecule has 0 aliphatic carbocycles. The van der Waals surface area contributed by atoms with Crippen LogP contribution in [0.15, 0.2) is 0 Å². The average molecular weight is 226 g/mol. The Morgan fingerprint density at radius 1 is 1.33 bits per heavy atom. The molecule has 0 radical (unpaired) electrons. The Labute approximate surface area is 87.5 Å². The predicted molar refractivity (Wildman–Crippen MR) is 49.0 cm³/mol. The minimum Gasteiger partial charge on any atom is -0.438 e. The Hall–Kier alpha value is -0.910. The molecule has 0 saturated heterocycles. The predicted octanol–water partition coefficient (Wildman–Crippen LogP) is 2.08. The second kappa shape index (κ2) is 6.55. The zero-order chi connectivity index (χ0) is 11.9. The highest BCUT2D eigenvalue weighted by atomic mass is 19.3. The topological polar surface area (TPSA) is 44.8 Å². The van der Waals surface area contributed by atoms with Crippen molar-refractivity contribution in [3.63, 3.8) is 0 Å². The maximum atomic E-state index is 12.9. The number of carbonyl (C=O) groups is 1. The van der Waals surface area contributed by atoms with Crippen LogP contribution in [0.25, 0.3) is 0 Å². The molecule has 0 aromatic heterocycles. The molecule has 0 aromatic rings. The zero-order valence-corrected chi connectivity index (χ0v) is 9.09. The van der Waals surface area contributed by atoms with Crippen molar-refractivity contribution in [2.24, 2.45) is 5.92 Å². The summed E-state index contributed by atoms with van der Waals surface area (Å²) in [6, 6.07) is 0. The van der Waals surface area contributed by atoms with Gasteiger partial charge in [0, 0.05) is 5.92 Å². The molecule has 90 valence electrons. The second-order valence-electron chi connectivity index (χ2n) is 3.27. The van der Waals surface area contributed by atoms with E-state index in [0.29, 0.717) is 0 Å². The fourth-order valence-corrected chi connectivity index (χ4v) is 0.618. The van der Waals surface area contributed by atoms with Crippen LogP contribution < -0.4 is 0 Å². The summed E-state index contributed by atoms with van der Waals surface area (Å²) in [7, 11) is 1.16. The highest BCUT2D eigenvalue weighted by molar-refractivity contribution is 5.59. The van der Waals surface area contributed by atoms with E-state index < -0.39 is 24.6 Å². The van der Waals surface area contributed by atoms with E-state index in [1.165, 1.54) is 13.8 Å². The van der Waals surface area contributed by atoms with E-state index in [4.69, 9.17) is 0 Å². The lowest BCUT2D eigenvalue weighted by molar-refractivity contribution is -0.112. The van der Waals surface area contributed by atoms with Gasteiger partial charge in [0.2, 0.25) is 0 Å². The van der Waals surface area contributed by atoms with Gasteiger partial charge in [0.25, 0.3) is 5.92 Å². The molecule has 0 heterocycles. The van der Waals surface area contributed by atoms with Crippen LogP contribution in [0.1, 0.15) is 13.8 Å². The molecule has 0 rings (SSSR count). The van der Waals surface area contributed by atoms with Gasteiger partial charge in [0.15, 0.2) is 0 Å². The highest BCUT2D eigenvalue weighted by Gasteiger charge is 2.33. The number of carbonyl (C=O) groups excluding carboxylic acids is 1. The fourth-order valence-electron chi connectivity index (χ4n) is 0.618. The summed E-state index contributed by atoms with van der Waals surface area (Å²) in [5.74, 6) is -3.63. The Kier molecular flexibility index (Phi) is 6.15. The lowest BCUT2D eigenvalue weighted by Gasteiger charge is -2.19. The molecular weight excluding hydrogens is 210 g/mol. The molecule has 0 N–H and O–H groups in total. The van der Waals surface area contributed by atoms with Gasteiger partial charge in [-0.1, -0.05) is 13.8 Å². The van der Waals surface area contributed by atoms with E-state index in [1.54, 1.807) is 0 Å². The molecule has 6 heteroatoms. The third kappa shape index (κ3) is 6.22. The number of hydrogen-bond donors (Lipinski definition) is 0. The van der Waals surface area contributed by atoms with Crippen LogP contribution in [-0.2, 0) is 14.2 Å².